The van der Waals surface area contributed by atoms with Crippen LogP contribution in [0, 0.1) is 17.3 Å². The Balaban J connectivity index is 2.40. The summed E-state index contributed by atoms with van der Waals surface area (Å²) < 4.78 is 0. The fraction of sp³-hybridized carbons (Fsp3) is 1.00. The Morgan fingerprint density at radius 1 is 1.23 bits per heavy atom. The normalized spacial score (nSPS) is 31.2. The fourth-order valence-corrected chi connectivity index (χ4v) is 2.03. The molecule has 13 heavy (non-hydrogen) atoms. The van der Waals surface area contributed by atoms with Crippen LogP contribution >= 0.6 is 0 Å². The van der Waals surface area contributed by atoms with Gasteiger partial charge in [0, 0.05) is 31.7 Å². The van der Waals surface area contributed by atoms with Gasteiger partial charge in [0.2, 0.25) is 0 Å². The second-order valence-corrected chi connectivity index (χ2v) is 5.47. The summed E-state index contributed by atoms with van der Waals surface area (Å²) in [5, 5.41) is 9.16. The van der Waals surface area contributed by atoms with Gasteiger partial charge in [-0.25, -0.2) is 0 Å². The van der Waals surface area contributed by atoms with Crippen LogP contribution in [-0.2, 0) is 0 Å². The average Bonchev–Trinajstić information content (AvgIpc) is 2.30. The van der Waals surface area contributed by atoms with Crippen LogP contribution < -0.4 is 0 Å². The summed E-state index contributed by atoms with van der Waals surface area (Å²) in [7, 11) is 0. The number of rotatable bonds is 3. The van der Waals surface area contributed by atoms with Crippen LogP contribution in [0.25, 0.3) is 0 Å². The SMILES string of the molecule is CC1CN(CC(C)(C)CO)CC1C. The molecule has 0 bridgehead atoms. The van der Waals surface area contributed by atoms with E-state index in [1.807, 2.05) is 0 Å². The first-order chi connectivity index (χ1) is 5.94. The second-order valence-electron chi connectivity index (χ2n) is 5.47. The van der Waals surface area contributed by atoms with Gasteiger partial charge in [-0.1, -0.05) is 27.7 Å². The molecule has 1 rings (SSSR count). The minimum Gasteiger partial charge on any atom is -0.396 e. The number of nitrogens with zero attached hydrogens (tertiary/aromatic N) is 1. The maximum absolute atomic E-state index is 9.16. The molecule has 1 fully saturated rings. The third-order valence-electron chi connectivity index (χ3n) is 3.14. The van der Waals surface area contributed by atoms with E-state index in [0.717, 1.165) is 18.4 Å². The number of hydrogen-bond donors (Lipinski definition) is 1. The highest BCUT2D eigenvalue weighted by molar-refractivity contribution is 4.82. The van der Waals surface area contributed by atoms with Crippen molar-refractivity contribution in [1.82, 2.24) is 4.90 Å². The van der Waals surface area contributed by atoms with E-state index in [1.165, 1.54) is 13.1 Å². The van der Waals surface area contributed by atoms with Gasteiger partial charge >= 0.3 is 0 Å². The first kappa shape index (κ1) is 11.0. The summed E-state index contributed by atoms with van der Waals surface area (Å²) in [6.07, 6.45) is 0. The van der Waals surface area contributed by atoms with E-state index in [0.29, 0.717) is 0 Å². The molecule has 0 aromatic carbocycles. The van der Waals surface area contributed by atoms with E-state index in [4.69, 9.17) is 5.11 Å². The van der Waals surface area contributed by atoms with E-state index in [2.05, 4.69) is 32.6 Å². The largest absolute Gasteiger partial charge is 0.396 e. The van der Waals surface area contributed by atoms with Gasteiger partial charge in [-0.3, -0.25) is 0 Å². The lowest BCUT2D eigenvalue weighted by Crippen LogP contribution is -2.35. The van der Waals surface area contributed by atoms with Crippen molar-refractivity contribution in [3.8, 4) is 0 Å². The van der Waals surface area contributed by atoms with Crippen LogP contribution in [0.4, 0.5) is 0 Å². The molecule has 1 aliphatic rings. The smallest absolute Gasteiger partial charge is 0.0494 e. The van der Waals surface area contributed by atoms with Crippen molar-refractivity contribution in [3.63, 3.8) is 0 Å². The molecule has 1 heterocycles. The standard InChI is InChI=1S/C11H23NO/c1-9-5-12(6-10(9)2)7-11(3,4)8-13/h9-10,13H,5-8H2,1-4H3. The number of aliphatic hydroxyl groups excluding tert-OH is 1. The molecule has 1 aliphatic heterocycles. The van der Waals surface area contributed by atoms with E-state index in [1.54, 1.807) is 0 Å². The van der Waals surface area contributed by atoms with Crippen molar-refractivity contribution in [2.24, 2.45) is 17.3 Å². The number of likely N-dealkylation sites (tertiary alicyclic amines) is 1. The van der Waals surface area contributed by atoms with Crippen LogP contribution in [0.15, 0.2) is 0 Å². The van der Waals surface area contributed by atoms with Crippen molar-refractivity contribution >= 4 is 0 Å². The third-order valence-corrected chi connectivity index (χ3v) is 3.14. The molecule has 2 atom stereocenters. The highest BCUT2D eigenvalue weighted by atomic mass is 16.3. The molecule has 0 saturated carbocycles. The molecule has 78 valence electrons. The first-order valence-electron chi connectivity index (χ1n) is 5.28. The van der Waals surface area contributed by atoms with E-state index < -0.39 is 0 Å². The Hall–Kier alpha value is -0.0800. The van der Waals surface area contributed by atoms with Gasteiger partial charge in [0.05, 0.1) is 0 Å². The van der Waals surface area contributed by atoms with Gasteiger partial charge in [0.1, 0.15) is 0 Å². The average molecular weight is 185 g/mol. The molecule has 1 saturated heterocycles. The molecular formula is C11H23NO. The summed E-state index contributed by atoms with van der Waals surface area (Å²) >= 11 is 0. The van der Waals surface area contributed by atoms with Crippen molar-refractivity contribution in [2.75, 3.05) is 26.2 Å². The van der Waals surface area contributed by atoms with Crippen molar-refractivity contribution in [2.45, 2.75) is 27.7 Å². The van der Waals surface area contributed by atoms with Gasteiger partial charge in [-0.05, 0) is 11.8 Å². The Kier molecular flexibility index (Phi) is 3.36. The zero-order valence-electron chi connectivity index (χ0n) is 9.38. The molecular weight excluding hydrogens is 162 g/mol. The maximum atomic E-state index is 9.16. The Bertz CT molecular complexity index is 157. The molecule has 0 radical (unpaired) electrons. The second kappa shape index (κ2) is 3.97. The summed E-state index contributed by atoms with van der Waals surface area (Å²) in [5.74, 6) is 1.63. The molecule has 0 aliphatic carbocycles. The minimum atomic E-state index is 0.0593. The zero-order chi connectivity index (χ0) is 10.1. The monoisotopic (exact) mass is 185 g/mol. The summed E-state index contributed by atoms with van der Waals surface area (Å²) in [6, 6.07) is 0. The molecule has 0 aromatic heterocycles. The quantitative estimate of drug-likeness (QED) is 0.722. The van der Waals surface area contributed by atoms with Gasteiger partial charge in [-0.2, -0.15) is 0 Å². The van der Waals surface area contributed by atoms with Crippen LogP contribution in [0.3, 0.4) is 0 Å². The Labute approximate surface area is 81.9 Å². The van der Waals surface area contributed by atoms with Crippen LogP contribution in [-0.4, -0.2) is 36.2 Å². The fourth-order valence-electron chi connectivity index (χ4n) is 2.03. The lowest BCUT2D eigenvalue weighted by atomic mass is 9.94. The highest BCUT2D eigenvalue weighted by Gasteiger charge is 2.29. The van der Waals surface area contributed by atoms with E-state index >= 15 is 0 Å². The van der Waals surface area contributed by atoms with Crippen molar-refractivity contribution in [3.05, 3.63) is 0 Å². The lowest BCUT2D eigenvalue weighted by Gasteiger charge is -2.28. The summed E-state index contributed by atoms with van der Waals surface area (Å²) in [6.45, 7) is 12.6. The van der Waals surface area contributed by atoms with Crippen molar-refractivity contribution in [1.29, 1.82) is 0 Å². The lowest BCUT2D eigenvalue weighted by molar-refractivity contribution is 0.112. The van der Waals surface area contributed by atoms with Crippen LogP contribution in [0.2, 0.25) is 0 Å². The van der Waals surface area contributed by atoms with Gasteiger partial charge in [0.15, 0.2) is 0 Å². The van der Waals surface area contributed by atoms with Crippen molar-refractivity contribution < 1.29 is 5.11 Å². The molecule has 2 unspecified atom stereocenters. The van der Waals surface area contributed by atoms with Gasteiger partial charge in [-0.15, -0.1) is 0 Å². The van der Waals surface area contributed by atoms with E-state index in [-0.39, 0.29) is 12.0 Å². The number of hydrogen-bond acceptors (Lipinski definition) is 2. The molecule has 0 spiro atoms. The number of aliphatic hydroxyl groups is 1. The maximum Gasteiger partial charge on any atom is 0.0494 e. The first-order valence-corrected chi connectivity index (χ1v) is 5.28. The Morgan fingerprint density at radius 3 is 2.08 bits per heavy atom. The predicted octanol–water partition coefficient (Wildman–Crippen LogP) is 1.59. The molecule has 0 aromatic rings. The van der Waals surface area contributed by atoms with Gasteiger partial charge in [0.25, 0.3) is 0 Å². The predicted molar refractivity (Wildman–Crippen MR) is 55.6 cm³/mol. The molecule has 2 nitrogen and oxygen atoms in total. The Morgan fingerprint density at radius 2 is 1.69 bits per heavy atom. The van der Waals surface area contributed by atoms with Gasteiger partial charge < -0.3 is 10.0 Å². The van der Waals surface area contributed by atoms with E-state index in [9.17, 15) is 0 Å². The third kappa shape index (κ3) is 2.96. The topological polar surface area (TPSA) is 23.5 Å². The summed E-state index contributed by atoms with van der Waals surface area (Å²) in [4.78, 5) is 2.48. The highest BCUT2D eigenvalue weighted by Crippen LogP contribution is 2.25. The summed E-state index contributed by atoms with van der Waals surface area (Å²) in [5.41, 5.74) is 0.0593. The molecule has 0 amide bonds. The minimum absolute atomic E-state index is 0.0593. The van der Waals surface area contributed by atoms with Crippen LogP contribution in [0.1, 0.15) is 27.7 Å². The zero-order valence-corrected chi connectivity index (χ0v) is 9.38. The molecule has 2 heteroatoms. The molecule has 1 N–H and O–H groups in total. The van der Waals surface area contributed by atoms with Crippen LogP contribution in [0.5, 0.6) is 0 Å².